The number of aryl methyl sites for hydroxylation is 1. The molecule has 1 saturated heterocycles. The van der Waals surface area contributed by atoms with Gasteiger partial charge in [-0.2, -0.15) is 0 Å². The van der Waals surface area contributed by atoms with Crippen LogP contribution < -0.4 is 10.1 Å². The van der Waals surface area contributed by atoms with Gasteiger partial charge in [-0.3, -0.25) is 24.8 Å². The third-order valence-electron chi connectivity index (χ3n) is 6.44. The molecule has 0 saturated carbocycles. The minimum Gasteiger partial charge on any atom is -0.496 e. The van der Waals surface area contributed by atoms with Crippen LogP contribution in [0.3, 0.4) is 0 Å². The van der Waals surface area contributed by atoms with Gasteiger partial charge in [0, 0.05) is 42.4 Å². The predicted octanol–water partition coefficient (Wildman–Crippen LogP) is 4.62. The summed E-state index contributed by atoms with van der Waals surface area (Å²) < 4.78 is 5.39. The minimum absolute atomic E-state index is 0.116. The molecule has 35 heavy (non-hydrogen) atoms. The summed E-state index contributed by atoms with van der Waals surface area (Å²) in [7, 11) is 1.62. The average molecular weight is 475 g/mol. The largest absolute Gasteiger partial charge is 0.496 e. The average Bonchev–Trinajstić information content (AvgIpc) is 2.88. The molecular formula is C27H30N4O4. The molecule has 0 atom stereocenters. The van der Waals surface area contributed by atoms with Crippen molar-refractivity contribution in [3.63, 3.8) is 0 Å². The van der Waals surface area contributed by atoms with E-state index in [0.29, 0.717) is 18.7 Å². The van der Waals surface area contributed by atoms with Crippen molar-refractivity contribution in [3.8, 4) is 5.75 Å². The van der Waals surface area contributed by atoms with E-state index in [-0.39, 0.29) is 22.4 Å². The Labute approximate surface area is 205 Å². The molecule has 0 spiro atoms. The molecule has 1 aliphatic heterocycles. The zero-order chi connectivity index (χ0) is 24.8. The van der Waals surface area contributed by atoms with Gasteiger partial charge < -0.3 is 10.1 Å². The summed E-state index contributed by atoms with van der Waals surface area (Å²) >= 11 is 0. The summed E-state index contributed by atoms with van der Waals surface area (Å²) in [6, 6.07) is 18.2. The summed E-state index contributed by atoms with van der Waals surface area (Å²) in [4.78, 5) is 30.9. The van der Waals surface area contributed by atoms with E-state index in [0.717, 1.165) is 54.2 Å². The van der Waals surface area contributed by atoms with E-state index < -0.39 is 0 Å². The first kappa shape index (κ1) is 24.3. The highest BCUT2D eigenvalue weighted by Crippen LogP contribution is 2.30. The van der Waals surface area contributed by atoms with Gasteiger partial charge in [0.05, 0.1) is 23.3 Å². The summed E-state index contributed by atoms with van der Waals surface area (Å²) in [5.41, 5.74) is 4.31. The molecule has 1 aliphatic rings. The topological polar surface area (TPSA) is 97.6 Å². The van der Waals surface area contributed by atoms with Crippen LogP contribution in [0.1, 0.15) is 51.6 Å². The molecule has 1 fully saturated rings. The second-order valence-corrected chi connectivity index (χ2v) is 8.86. The number of benzene rings is 2. The van der Waals surface area contributed by atoms with Gasteiger partial charge in [0.25, 0.3) is 11.6 Å². The Morgan fingerprint density at radius 1 is 1.14 bits per heavy atom. The number of amides is 1. The van der Waals surface area contributed by atoms with Crippen molar-refractivity contribution in [1.82, 2.24) is 15.2 Å². The van der Waals surface area contributed by atoms with Gasteiger partial charge in [-0.15, -0.1) is 0 Å². The van der Waals surface area contributed by atoms with Crippen LogP contribution in [-0.2, 0) is 13.1 Å². The Morgan fingerprint density at radius 3 is 2.66 bits per heavy atom. The quantitative estimate of drug-likeness (QED) is 0.378. The summed E-state index contributed by atoms with van der Waals surface area (Å²) in [6.07, 6.45) is 1.75. The number of rotatable bonds is 8. The second-order valence-electron chi connectivity index (χ2n) is 8.86. The van der Waals surface area contributed by atoms with Crippen molar-refractivity contribution in [2.24, 2.45) is 0 Å². The van der Waals surface area contributed by atoms with Crippen LogP contribution in [0.5, 0.6) is 5.75 Å². The predicted molar refractivity (Wildman–Crippen MR) is 133 cm³/mol. The van der Waals surface area contributed by atoms with Crippen LogP contribution in [0.15, 0.2) is 60.7 Å². The molecule has 182 valence electrons. The lowest BCUT2D eigenvalue weighted by molar-refractivity contribution is -0.384. The maximum absolute atomic E-state index is 13.1. The van der Waals surface area contributed by atoms with E-state index in [2.05, 4.69) is 10.2 Å². The lowest BCUT2D eigenvalue weighted by Gasteiger charge is -2.32. The number of nitrogens with one attached hydrogen (secondary N) is 1. The Kier molecular flexibility index (Phi) is 7.72. The number of likely N-dealkylation sites (tertiary alicyclic amines) is 1. The van der Waals surface area contributed by atoms with Crippen molar-refractivity contribution in [3.05, 3.63) is 98.9 Å². The summed E-state index contributed by atoms with van der Waals surface area (Å²) in [6.45, 7) is 4.66. The molecule has 1 N–H and O–H groups in total. The number of methoxy groups -OCH3 is 1. The molecule has 3 aromatic rings. The van der Waals surface area contributed by atoms with E-state index in [4.69, 9.17) is 9.72 Å². The van der Waals surface area contributed by atoms with E-state index in [1.165, 1.54) is 6.07 Å². The fourth-order valence-electron chi connectivity index (χ4n) is 4.59. The van der Waals surface area contributed by atoms with Crippen LogP contribution in [0.4, 0.5) is 5.69 Å². The zero-order valence-electron chi connectivity index (χ0n) is 20.1. The highest BCUT2D eigenvalue weighted by Gasteiger charge is 2.26. The number of para-hydroxylation sites is 1. The van der Waals surface area contributed by atoms with Crippen LogP contribution in [0, 0.1) is 17.0 Å². The van der Waals surface area contributed by atoms with Crippen LogP contribution >= 0.6 is 0 Å². The van der Waals surface area contributed by atoms with Gasteiger partial charge in [-0.25, -0.2) is 0 Å². The summed E-state index contributed by atoms with van der Waals surface area (Å²) in [5, 5.41) is 14.1. The van der Waals surface area contributed by atoms with Crippen molar-refractivity contribution in [2.75, 3.05) is 20.2 Å². The van der Waals surface area contributed by atoms with Gasteiger partial charge in [-0.05, 0) is 56.6 Å². The first-order valence-corrected chi connectivity index (χ1v) is 11.8. The smallest absolute Gasteiger partial charge is 0.269 e. The molecule has 0 radical (unpaired) electrons. The van der Waals surface area contributed by atoms with Gasteiger partial charge in [0.2, 0.25) is 0 Å². The molecular weight excluding hydrogens is 444 g/mol. The number of nitrogens with zero attached hydrogens (tertiary/aromatic N) is 3. The first-order chi connectivity index (χ1) is 16.9. The lowest BCUT2D eigenvalue weighted by atomic mass is 9.89. The molecule has 0 unspecified atom stereocenters. The third kappa shape index (κ3) is 6.02. The Bertz CT molecular complexity index is 1210. The maximum atomic E-state index is 13.1. The molecule has 2 aromatic carbocycles. The number of non-ortho nitro benzene ring substituents is 1. The van der Waals surface area contributed by atoms with Gasteiger partial charge in [0.1, 0.15) is 5.75 Å². The van der Waals surface area contributed by atoms with E-state index >= 15 is 0 Å². The number of nitro benzene ring substituents is 1. The number of ether oxygens (including phenoxy) is 1. The monoisotopic (exact) mass is 474 g/mol. The molecule has 8 nitrogen and oxygen atoms in total. The van der Waals surface area contributed by atoms with Crippen molar-refractivity contribution >= 4 is 11.6 Å². The first-order valence-electron chi connectivity index (χ1n) is 11.8. The van der Waals surface area contributed by atoms with Crippen LogP contribution in [0.25, 0.3) is 0 Å². The number of hydrogen-bond donors (Lipinski definition) is 1. The molecule has 8 heteroatoms. The number of carbonyl (C=O) groups is 1. The SMILES string of the molecule is COc1ccccc1CNC(=O)c1ccc(C)nc1C1CCN(Cc2cccc([N+](=O)[O-])c2)CC1. The minimum atomic E-state index is -0.362. The molecule has 1 amide bonds. The fraction of sp³-hybridized carbons (Fsp3) is 0.333. The number of hydrogen-bond acceptors (Lipinski definition) is 6. The van der Waals surface area contributed by atoms with Crippen LogP contribution in [-0.4, -0.2) is 40.9 Å². The number of pyridine rings is 1. The normalized spacial score (nSPS) is 14.5. The van der Waals surface area contributed by atoms with Gasteiger partial charge >= 0.3 is 0 Å². The molecule has 4 rings (SSSR count). The number of carbonyl (C=O) groups excluding carboxylic acids is 1. The molecule has 1 aromatic heterocycles. The molecule has 2 heterocycles. The van der Waals surface area contributed by atoms with E-state index in [1.807, 2.05) is 49.4 Å². The standard InChI is InChI=1S/C27H30N4O4/c1-19-10-11-24(27(32)28-17-22-7-3-4-9-25(22)35-2)26(29-19)21-12-14-30(15-13-21)18-20-6-5-8-23(16-20)31(33)34/h3-11,16,21H,12-15,17-18H2,1-2H3,(H,28,32). The number of aromatic nitrogens is 1. The van der Waals surface area contributed by atoms with Crippen LogP contribution in [0.2, 0.25) is 0 Å². The Balaban J connectivity index is 1.41. The maximum Gasteiger partial charge on any atom is 0.269 e. The fourth-order valence-corrected chi connectivity index (χ4v) is 4.59. The molecule has 0 bridgehead atoms. The Morgan fingerprint density at radius 2 is 1.91 bits per heavy atom. The highest BCUT2D eigenvalue weighted by molar-refractivity contribution is 5.95. The summed E-state index contributed by atoms with van der Waals surface area (Å²) in [5.74, 6) is 0.784. The third-order valence-corrected chi connectivity index (χ3v) is 6.44. The number of piperidine rings is 1. The van der Waals surface area contributed by atoms with Crippen molar-refractivity contribution in [1.29, 1.82) is 0 Å². The highest BCUT2D eigenvalue weighted by atomic mass is 16.6. The van der Waals surface area contributed by atoms with Crippen molar-refractivity contribution < 1.29 is 14.5 Å². The second kappa shape index (κ2) is 11.1. The van der Waals surface area contributed by atoms with E-state index in [9.17, 15) is 14.9 Å². The van der Waals surface area contributed by atoms with Crippen molar-refractivity contribution in [2.45, 2.75) is 38.8 Å². The lowest BCUT2D eigenvalue weighted by Crippen LogP contribution is -2.34. The number of nitro groups is 1. The van der Waals surface area contributed by atoms with Gasteiger partial charge in [-0.1, -0.05) is 30.3 Å². The Hall–Kier alpha value is -3.78. The molecule has 0 aliphatic carbocycles. The zero-order valence-corrected chi connectivity index (χ0v) is 20.1. The van der Waals surface area contributed by atoms with E-state index in [1.54, 1.807) is 19.2 Å². The van der Waals surface area contributed by atoms with Gasteiger partial charge in [0.15, 0.2) is 0 Å².